The van der Waals surface area contributed by atoms with Crippen LogP contribution in [0.4, 0.5) is 5.69 Å². The SMILES string of the molecule is CCCCOc1ccc(C(=O)NNC(=O)CN2CCCc3ccccc32)cc1. The summed E-state index contributed by atoms with van der Waals surface area (Å²) in [6, 6.07) is 15.0. The number of carbonyl (C=O) groups is 2. The first-order chi connectivity index (χ1) is 13.7. The maximum atomic E-state index is 12.3. The van der Waals surface area contributed by atoms with Crippen molar-refractivity contribution < 1.29 is 14.3 Å². The van der Waals surface area contributed by atoms with E-state index in [4.69, 9.17) is 4.74 Å². The van der Waals surface area contributed by atoms with E-state index in [1.165, 1.54) is 5.56 Å². The van der Waals surface area contributed by atoms with Crippen LogP contribution in [0.15, 0.2) is 48.5 Å². The van der Waals surface area contributed by atoms with Gasteiger partial charge in [-0.2, -0.15) is 0 Å². The number of aryl methyl sites for hydroxylation is 1. The number of rotatable bonds is 7. The average molecular weight is 381 g/mol. The molecule has 0 bridgehead atoms. The second kappa shape index (κ2) is 9.78. The predicted octanol–water partition coefficient (Wildman–Crippen LogP) is 3.08. The van der Waals surface area contributed by atoms with Crippen molar-refractivity contribution in [3.05, 3.63) is 59.7 Å². The quantitative estimate of drug-likeness (QED) is 0.571. The Hall–Kier alpha value is -3.02. The van der Waals surface area contributed by atoms with Crippen LogP contribution in [0.1, 0.15) is 42.1 Å². The van der Waals surface area contributed by atoms with Crippen LogP contribution < -0.4 is 20.5 Å². The molecular weight excluding hydrogens is 354 g/mol. The van der Waals surface area contributed by atoms with Gasteiger partial charge >= 0.3 is 0 Å². The van der Waals surface area contributed by atoms with E-state index < -0.39 is 0 Å². The number of ether oxygens (including phenoxy) is 1. The first-order valence-electron chi connectivity index (χ1n) is 9.82. The number of hydrogen-bond acceptors (Lipinski definition) is 4. The van der Waals surface area contributed by atoms with Gasteiger partial charge in [0.2, 0.25) is 0 Å². The lowest BCUT2D eigenvalue weighted by molar-refractivity contribution is -0.120. The molecule has 0 fully saturated rings. The molecule has 0 unspecified atom stereocenters. The van der Waals surface area contributed by atoms with Crippen LogP contribution in [0.3, 0.4) is 0 Å². The third kappa shape index (κ3) is 5.25. The highest BCUT2D eigenvalue weighted by Gasteiger charge is 2.18. The van der Waals surface area contributed by atoms with Crippen molar-refractivity contribution in [2.24, 2.45) is 0 Å². The van der Waals surface area contributed by atoms with Crippen molar-refractivity contribution in [3.63, 3.8) is 0 Å². The number of nitrogens with zero attached hydrogens (tertiary/aromatic N) is 1. The minimum absolute atomic E-state index is 0.210. The number of fused-ring (bicyclic) bond motifs is 1. The Bertz CT molecular complexity index is 805. The lowest BCUT2D eigenvalue weighted by atomic mass is 10.0. The smallest absolute Gasteiger partial charge is 0.269 e. The predicted molar refractivity (Wildman–Crippen MR) is 109 cm³/mol. The van der Waals surface area contributed by atoms with Crippen molar-refractivity contribution in [2.45, 2.75) is 32.6 Å². The van der Waals surface area contributed by atoms with Gasteiger partial charge in [-0.15, -0.1) is 0 Å². The Balaban J connectivity index is 1.47. The van der Waals surface area contributed by atoms with Crippen molar-refractivity contribution >= 4 is 17.5 Å². The van der Waals surface area contributed by atoms with Gasteiger partial charge in [0.1, 0.15) is 5.75 Å². The molecule has 1 aliphatic rings. The Morgan fingerprint density at radius 1 is 1.07 bits per heavy atom. The molecule has 3 rings (SSSR count). The number of hydrogen-bond donors (Lipinski definition) is 2. The van der Waals surface area contributed by atoms with Gasteiger partial charge in [0.15, 0.2) is 0 Å². The molecule has 2 aromatic rings. The first kappa shape index (κ1) is 19.7. The van der Waals surface area contributed by atoms with Gasteiger partial charge in [-0.1, -0.05) is 31.5 Å². The summed E-state index contributed by atoms with van der Waals surface area (Å²) in [6.07, 6.45) is 4.12. The molecule has 0 spiro atoms. The average Bonchev–Trinajstić information content (AvgIpc) is 2.73. The fraction of sp³-hybridized carbons (Fsp3) is 0.364. The number of hydrazine groups is 1. The van der Waals surface area contributed by atoms with Crippen LogP contribution >= 0.6 is 0 Å². The van der Waals surface area contributed by atoms with Gasteiger partial charge in [0, 0.05) is 17.8 Å². The molecular formula is C22H27N3O3. The van der Waals surface area contributed by atoms with Crippen LogP contribution in [-0.2, 0) is 11.2 Å². The van der Waals surface area contributed by atoms with Crippen LogP contribution in [0.5, 0.6) is 5.75 Å². The van der Waals surface area contributed by atoms with E-state index in [-0.39, 0.29) is 18.4 Å². The van der Waals surface area contributed by atoms with Crippen LogP contribution in [0, 0.1) is 0 Å². The summed E-state index contributed by atoms with van der Waals surface area (Å²) >= 11 is 0. The van der Waals surface area contributed by atoms with E-state index in [0.29, 0.717) is 12.2 Å². The summed E-state index contributed by atoms with van der Waals surface area (Å²) in [7, 11) is 0. The van der Waals surface area contributed by atoms with Crippen molar-refractivity contribution in [1.29, 1.82) is 0 Å². The summed E-state index contributed by atoms with van der Waals surface area (Å²) < 4.78 is 5.59. The molecule has 0 aliphatic carbocycles. The van der Waals surface area contributed by atoms with Crippen LogP contribution in [0.25, 0.3) is 0 Å². The van der Waals surface area contributed by atoms with Crippen molar-refractivity contribution in [1.82, 2.24) is 10.9 Å². The molecule has 0 saturated carbocycles. The lowest BCUT2D eigenvalue weighted by Gasteiger charge is -2.30. The van der Waals surface area contributed by atoms with Gasteiger partial charge in [-0.25, -0.2) is 0 Å². The molecule has 28 heavy (non-hydrogen) atoms. The highest BCUT2D eigenvalue weighted by atomic mass is 16.5. The highest BCUT2D eigenvalue weighted by Crippen LogP contribution is 2.26. The fourth-order valence-electron chi connectivity index (χ4n) is 3.22. The van der Waals surface area contributed by atoms with Crippen LogP contribution in [-0.4, -0.2) is 31.5 Å². The van der Waals surface area contributed by atoms with Gasteiger partial charge in [0.05, 0.1) is 13.2 Å². The lowest BCUT2D eigenvalue weighted by Crippen LogP contribution is -2.47. The topological polar surface area (TPSA) is 70.7 Å². The van der Waals surface area contributed by atoms with Crippen LogP contribution in [0.2, 0.25) is 0 Å². The van der Waals surface area contributed by atoms with E-state index in [1.54, 1.807) is 24.3 Å². The van der Waals surface area contributed by atoms with Gasteiger partial charge < -0.3 is 9.64 Å². The largest absolute Gasteiger partial charge is 0.494 e. The van der Waals surface area contributed by atoms with Gasteiger partial charge in [-0.3, -0.25) is 20.4 Å². The zero-order chi connectivity index (χ0) is 19.8. The summed E-state index contributed by atoms with van der Waals surface area (Å²) in [6.45, 7) is 3.81. The maximum Gasteiger partial charge on any atom is 0.269 e. The molecule has 148 valence electrons. The Kier molecular flexibility index (Phi) is 6.89. The Labute approximate surface area is 165 Å². The zero-order valence-corrected chi connectivity index (χ0v) is 16.2. The van der Waals surface area contributed by atoms with E-state index in [1.807, 2.05) is 23.1 Å². The monoisotopic (exact) mass is 381 g/mol. The standard InChI is InChI=1S/C22H27N3O3/c1-2-3-15-28-19-12-10-18(11-13-19)22(27)24-23-21(26)16-25-14-6-8-17-7-4-5-9-20(17)25/h4-5,7,9-13H,2-3,6,8,14-16H2,1H3,(H,23,26)(H,24,27). The van der Waals surface area contributed by atoms with E-state index in [2.05, 4.69) is 23.8 Å². The molecule has 0 aromatic heterocycles. The third-order valence-corrected chi connectivity index (χ3v) is 4.74. The summed E-state index contributed by atoms with van der Waals surface area (Å²) in [4.78, 5) is 26.5. The number of unbranched alkanes of at least 4 members (excludes halogenated alkanes) is 1. The van der Waals surface area contributed by atoms with Gasteiger partial charge in [-0.05, 0) is 55.2 Å². The molecule has 6 nitrogen and oxygen atoms in total. The fourth-order valence-corrected chi connectivity index (χ4v) is 3.22. The number of amides is 2. The Morgan fingerprint density at radius 2 is 1.86 bits per heavy atom. The number of nitrogens with one attached hydrogen (secondary N) is 2. The molecule has 2 N–H and O–H groups in total. The summed E-state index contributed by atoms with van der Waals surface area (Å²) in [5, 5.41) is 0. The highest BCUT2D eigenvalue weighted by molar-refractivity contribution is 5.95. The molecule has 1 heterocycles. The second-order valence-electron chi connectivity index (χ2n) is 6.88. The number of anilines is 1. The summed E-state index contributed by atoms with van der Waals surface area (Å²) in [5.41, 5.74) is 7.79. The van der Waals surface area contributed by atoms with E-state index in [9.17, 15) is 9.59 Å². The van der Waals surface area contributed by atoms with E-state index in [0.717, 1.165) is 43.7 Å². The third-order valence-electron chi connectivity index (χ3n) is 4.74. The van der Waals surface area contributed by atoms with Gasteiger partial charge in [0.25, 0.3) is 11.8 Å². The molecule has 0 atom stereocenters. The van der Waals surface area contributed by atoms with Crippen molar-refractivity contribution in [2.75, 3.05) is 24.6 Å². The second-order valence-corrected chi connectivity index (χ2v) is 6.88. The number of benzene rings is 2. The Morgan fingerprint density at radius 3 is 2.64 bits per heavy atom. The molecule has 6 heteroatoms. The molecule has 0 saturated heterocycles. The molecule has 2 aromatic carbocycles. The van der Waals surface area contributed by atoms with E-state index >= 15 is 0 Å². The van der Waals surface area contributed by atoms with Crippen molar-refractivity contribution in [3.8, 4) is 5.75 Å². The molecule has 0 radical (unpaired) electrons. The first-order valence-corrected chi connectivity index (χ1v) is 9.82. The number of carbonyl (C=O) groups excluding carboxylic acids is 2. The normalized spacial score (nSPS) is 12.8. The molecule has 2 amide bonds. The zero-order valence-electron chi connectivity index (χ0n) is 16.2. The summed E-state index contributed by atoms with van der Waals surface area (Å²) in [5.74, 6) is 0.134. The minimum Gasteiger partial charge on any atom is -0.494 e. The minimum atomic E-state index is -0.354. The molecule has 1 aliphatic heterocycles. The maximum absolute atomic E-state index is 12.3. The number of para-hydroxylation sites is 1.